The Morgan fingerprint density at radius 1 is 1.18 bits per heavy atom. The Labute approximate surface area is 99.9 Å². The fourth-order valence-corrected chi connectivity index (χ4v) is 1.84. The van der Waals surface area contributed by atoms with Crippen molar-refractivity contribution in [1.29, 1.82) is 0 Å². The Balaban J connectivity index is 1.69. The molecule has 17 heavy (non-hydrogen) atoms. The second kappa shape index (κ2) is 5.16. The molecule has 1 heterocycles. The maximum Gasteiger partial charge on any atom is 0.242 e. The highest BCUT2D eigenvalue weighted by Crippen LogP contribution is 2.28. The molecule has 0 aromatic heterocycles. The summed E-state index contributed by atoms with van der Waals surface area (Å²) in [6, 6.07) is 0. The largest absolute Gasteiger partial charge is 0.347 e. The van der Waals surface area contributed by atoms with Crippen molar-refractivity contribution in [2.24, 2.45) is 5.92 Å². The average Bonchev–Trinajstić information content (AvgIpc) is 3.20. The molecular weight excluding hydrogens is 222 g/mol. The number of carbonyl (C=O) groups excluding carboxylic acids is 3. The van der Waals surface area contributed by atoms with Gasteiger partial charge in [0.25, 0.3) is 0 Å². The number of hydrogen-bond acceptors (Lipinski definition) is 3. The normalized spacial score (nSPS) is 20.0. The van der Waals surface area contributed by atoms with E-state index in [0.29, 0.717) is 26.2 Å². The molecule has 2 fully saturated rings. The van der Waals surface area contributed by atoms with E-state index >= 15 is 0 Å². The van der Waals surface area contributed by atoms with Crippen LogP contribution in [0.25, 0.3) is 0 Å². The Morgan fingerprint density at radius 2 is 1.82 bits per heavy atom. The topological polar surface area (TPSA) is 69.7 Å². The monoisotopic (exact) mass is 239 g/mol. The molecule has 94 valence electrons. The van der Waals surface area contributed by atoms with Gasteiger partial charge in [-0.1, -0.05) is 0 Å². The summed E-state index contributed by atoms with van der Waals surface area (Å²) in [6.07, 6.45) is 2.69. The van der Waals surface area contributed by atoms with Gasteiger partial charge in [-0.3, -0.25) is 14.4 Å². The molecular formula is C11H17N3O3. The molecule has 0 spiro atoms. The molecule has 0 atom stereocenters. The van der Waals surface area contributed by atoms with Gasteiger partial charge < -0.3 is 15.1 Å². The zero-order valence-electron chi connectivity index (χ0n) is 9.72. The second-order valence-corrected chi connectivity index (χ2v) is 4.51. The van der Waals surface area contributed by atoms with Gasteiger partial charge in [-0.2, -0.15) is 0 Å². The third-order valence-electron chi connectivity index (χ3n) is 3.18. The highest BCUT2D eigenvalue weighted by molar-refractivity contribution is 5.87. The number of amides is 3. The van der Waals surface area contributed by atoms with Gasteiger partial charge >= 0.3 is 0 Å². The Bertz CT molecular complexity index is 320. The predicted molar refractivity (Wildman–Crippen MR) is 60.0 cm³/mol. The molecule has 1 aliphatic carbocycles. The van der Waals surface area contributed by atoms with E-state index in [2.05, 4.69) is 5.32 Å². The molecule has 2 rings (SSSR count). The maximum atomic E-state index is 11.7. The van der Waals surface area contributed by atoms with Gasteiger partial charge in [0, 0.05) is 32.1 Å². The van der Waals surface area contributed by atoms with E-state index < -0.39 is 0 Å². The van der Waals surface area contributed by atoms with E-state index in [4.69, 9.17) is 0 Å². The van der Waals surface area contributed by atoms with Crippen LogP contribution in [-0.2, 0) is 14.4 Å². The molecule has 6 heteroatoms. The summed E-state index contributed by atoms with van der Waals surface area (Å²) in [5.41, 5.74) is 0. The molecule has 0 aromatic rings. The first-order valence-corrected chi connectivity index (χ1v) is 5.95. The quantitative estimate of drug-likeness (QED) is 0.627. The highest BCUT2D eigenvalue weighted by atomic mass is 16.2. The van der Waals surface area contributed by atoms with Crippen LogP contribution in [0.2, 0.25) is 0 Å². The number of piperazine rings is 1. The van der Waals surface area contributed by atoms with E-state index in [1.807, 2.05) is 0 Å². The van der Waals surface area contributed by atoms with Gasteiger partial charge in [-0.05, 0) is 12.8 Å². The zero-order chi connectivity index (χ0) is 12.3. The fourth-order valence-electron chi connectivity index (χ4n) is 1.84. The maximum absolute atomic E-state index is 11.7. The van der Waals surface area contributed by atoms with Gasteiger partial charge in [0.05, 0.1) is 6.54 Å². The number of nitrogens with zero attached hydrogens (tertiary/aromatic N) is 2. The molecule has 3 amide bonds. The first kappa shape index (κ1) is 11.9. The first-order chi connectivity index (χ1) is 8.20. The molecule has 1 saturated heterocycles. The highest BCUT2D eigenvalue weighted by Gasteiger charge is 2.30. The van der Waals surface area contributed by atoms with Crippen LogP contribution in [0.3, 0.4) is 0 Å². The van der Waals surface area contributed by atoms with Crippen molar-refractivity contribution in [3.8, 4) is 0 Å². The molecule has 0 unspecified atom stereocenters. The lowest BCUT2D eigenvalue weighted by Crippen LogP contribution is -2.50. The molecule has 6 nitrogen and oxygen atoms in total. The van der Waals surface area contributed by atoms with Crippen molar-refractivity contribution < 1.29 is 14.4 Å². The average molecular weight is 239 g/mol. The smallest absolute Gasteiger partial charge is 0.242 e. The summed E-state index contributed by atoms with van der Waals surface area (Å²) in [5.74, 6) is 0.0594. The lowest BCUT2D eigenvalue weighted by molar-refractivity contribution is -0.136. The van der Waals surface area contributed by atoms with Crippen LogP contribution in [0.4, 0.5) is 0 Å². The van der Waals surface area contributed by atoms with Crippen molar-refractivity contribution in [3.63, 3.8) is 0 Å². The van der Waals surface area contributed by atoms with Gasteiger partial charge in [0.2, 0.25) is 18.2 Å². The minimum atomic E-state index is -0.0652. The fraction of sp³-hybridized carbons (Fsp3) is 0.727. The van der Waals surface area contributed by atoms with E-state index in [1.54, 1.807) is 9.80 Å². The summed E-state index contributed by atoms with van der Waals surface area (Å²) in [5, 5.41) is 2.65. The summed E-state index contributed by atoms with van der Waals surface area (Å²) in [7, 11) is 0. The number of rotatable bonds is 4. The SMILES string of the molecule is O=CN1CCN(C(=O)CNC(=O)C2CC2)CC1. The van der Waals surface area contributed by atoms with Crippen molar-refractivity contribution >= 4 is 18.2 Å². The van der Waals surface area contributed by atoms with Crippen LogP contribution < -0.4 is 5.32 Å². The van der Waals surface area contributed by atoms with Crippen molar-refractivity contribution in [1.82, 2.24) is 15.1 Å². The van der Waals surface area contributed by atoms with Gasteiger partial charge in [0.15, 0.2) is 0 Å². The standard InChI is InChI=1S/C11H17N3O3/c15-8-13-3-5-14(6-4-13)10(16)7-12-11(17)9-1-2-9/h8-9H,1-7H2,(H,12,17). The minimum Gasteiger partial charge on any atom is -0.347 e. The van der Waals surface area contributed by atoms with E-state index in [-0.39, 0.29) is 24.3 Å². The van der Waals surface area contributed by atoms with Gasteiger partial charge in [-0.25, -0.2) is 0 Å². The number of nitrogens with one attached hydrogen (secondary N) is 1. The van der Waals surface area contributed by atoms with Gasteiger partial charge in [0.1, 0.15) is 0 Å². The van der Waals surface area contributed by atoms with E-state index in [1.165, 1.54) is 0 Å². The molecule has 0 bridgehead atoms. The van der Waals surface area contributed by atoms with Crippen LogP contribution in [0, 0.1) is 5.92 Å². The van der Waals surface area contributed by atoms with Crippen molar-refractivity contribution in [2.45, 2.75) is 12.8 Å². The zero-order valence-corrected chi connectivity index (χ0v) is 9.72. The third kappa shape index (κ3) is 3.18. The van der Waals surface area contributed by atoms with Gasteiger partial charge in [-0.15, -0.1) is 0 Å². The lowest BCUT2D eigenvalue weighted by Gasteiger charge is -2.32. The predicted octanol–water partition coefficient (Wildman–Crippen LogP) is -1.19. The van der Waals surface area contributed by atoms with Crippen molar-refractivity contribution in [2.75, 3.05) is 32.7 Å². The second-order valence-electron chi connectivity index (χ2n) is 4.51. The molecule has 0 radical (unpaired) electrons. The van der Waals surface area contributed by atoms with Crippen LogP contribution >= 0.6 is 0 Å². The summed E-state index contributed by atoms with van der Waals surface area (Å²) in [4.78, 5) is 36.9. The Kier molecular flexibility index (Phi) is 3.61. The van der Waals surface area contributed by atoms with Crippen LogP contribution in [0.15, 0.2) is 0 Å². The van der Waals surface area contributed by atoms with Crippen LogP contribution in [0.1, 0.15) is 12.8 Å². The summed E-state index contributed by atoms with van der Waals surface area (Å²) in [6.45, 7) is 2.34. The summed E-state index contributed by atoms with van der Waals surface area (Å²) >= 11 is 0. The molecule has 0 aromatic carbocycles. The number of hydrogen-bond donors (Lipinski definition) is 1. The first-order valence-electron chi connectivity index (χ1n) is 5.95. The molecule has 1 saturated carbocycles. The molecule has 2 aliphatic rings. The minimum absolute atomic E-state index is 0.00937. The van der Waals surface area contributed by atoms with E-state index in [9.17, 15) is 14.4 Å². The lowest BCUT2D eigenvalue weighted by atomic mass is 10.3. The third-order valence-corrected chi connectivity index (χ3v) is 3.18. The Morgan fingerprint density at radius 3 is 2.35 bits per heavy atom. The van der Waals surface area contributed by atoms with Crippen LogP contribution in [0.5, 0.6) is 0 Å². The number of carbonyl (C=O) groups is 3. The van der Waals surface area contributed by atoms with Crippen LogP contribution in [-0.4, -0.2) is 60.7 Å². The Hall–Kier alpha value is -1.59. The molecule has 1 N–H and O–H groups in total. The van der Waals surface area contributed by atoms with E-state index in [0.717, 1.165) is 19.3 Å². The van der Waals surface area contributed by atoms with Crippen molar-refractivity contribution in [3.05, 3.63) is 0 Å². The summed E-state index contributed by atoms with van der Waals surface area (Å²) < 4.78 is 0. The molecule has 1 aliphatic heterocycles.